The van der Waals surface area contributed by atoms with Gasteiger partial charge < -0.3 is 10.2 Å². The summed E-state index contributed by atoms with van der Waals surface area (Å²) in [6.45, 7) is 6.11. The van der Waals surface area contributed by atoms with E-state index in [1.807, 2.05) is 30.0 Å². The van der Waals surface area contributed by atoms with Gasteiger partial charge in [-0.15, -0.1) is 5.10 Å². The summed E-state index contributed by atoms with van der Waals surface area (Å²) in [4.78, 5) is 18.7. The zero-order valence-corrected chi connectivity index (χ0v) is 12.8. The molecule has 116 valence electrons. The van der Waals surface area contributed by atoms with Gasteiger partial charge in [0.1, 0.15) is 0 Å². The minimum Gasteiger partial charge on any atom is -0.332 e. The maximum atomic E-state index is 12.6. The van der Waals surface area contributed by atoms with E-state index in [0.717, 1.165) is 12.2 Å². The van der Waals surface area contributed by atoms with E-state index in [4.69, 9.17) is 0 Å². The number of rotatable bonds is 3. The molecule has 0 aromatic carbocycles. The lowest BCUT2D eigenvalue weighted by atomic mass is 10.1. The lowest BCUT2D eigenvalue weighted by Gasteiger charge is -2.37. The van der Waals surface area contributed by atoms with Crippen molar-refractivity contribution in [1.29, 1.82) is 0 Å². The van der Waals surface area contributed by atoms with Crippen LogP contribution in [0.2, 0.25) is 0 Å². The fraction of sp³-hybridized carbons (Fsp3) is 0.467. The van der Waals surface area contributed by atoms with Gasteiger partial charge in [0, 0.05) is 31.4 Å². The number of amides is 1. The summed E-state index contributed by atoms with van der Waals surface area (Å²) in [5.41, 5.74) is 1.27. The van der Waals surface area contributed by atoms with Crippen molar-refractivity contribution in [3.63, 3.8) is 0 Å². The Balaban J connectivity index is 1.71. The molecule has 2 aromatic rings. The number of pyridine rings is 1. The van der Waals surface area contributed by atoms with Crippen LogP contribution in [-0.4, -0.2) is 56.0 Å². The van der Waals surface area contributed by atoms with E-state index in [-0.39, 0.29) is 11.9 Å². The Hall–Kier alpha value is -2.28. The van der Waals surface area contributed by atoms with Crippen LogP contribution >= 0.6 is 0 Å². The second kappa shape index (κ2) is 6.23. The number of aromatic nitrogens is 4. The Labute approximate surface area is 129 Å². The molecule has 0 radical (unpaired) electrons. The van der Waals surface area contributed by atoms with E-state index in [1.165, 1.54) is 0 Å². The summed E-state index contributed by atoms with van der Waals surface area (Å²) in [5, 5.41) is 11.4. The van der Waals surface area contributed by atoms with Gasteiger partial charge in [0.15, 0.2) is 5.69 Å². The SMILES string of the molecule is CC1CN(C(=O)c2cn(Cc3ccccn3)nn2)C(C)CN1. The Kier molecular flexibility index (Phi) is 4.15. The highest BCUT2D eigenvalue weighted by Gasteiger charge is 2.28. The monoisotopic (exact) mass is 300 g/mol. The first-order valence-electron chi connectivity index (χ1n) is 7.48. The van der Waals surface area contributed by atoms with Crippen LogP contribution in [0.25, 0.3) is 0 Å². The average Bonchev–Trinajstić information content (AvgIpc) is 2.98. The van der Waals surface area contributed by atoms with E-state index in [0.29, 0.717) is 24.8 Å². The molecule has 2 unspecified atom stereocenters. The molecule has 7 heteroatoms. The molecule has 2 atom stereocenters. The Morgan fingerprint density at radius 1 is 1.41 bits per heavy atom. The molecule has 1 saturated heterocycles. The van der Waals surface area contributed by atoms with Crippen molar-refractivity contribution in [1.82, 2.24) is 30.2 Å². The molecule has 1 aliphatic heterocycles. The molecule has 22 heavy (non-hydrogen) atoms. The fourth-order valence-corrected chi connectivity index (χ4v) is 2.58. The highest BCUT2D eigenvalue weighted by molar-refractivity contribution is 5.92. The quantitative estimate of drug-likeness (QED) is 0.895. The second-order valence-corrected chi connectivity index (χ2v) is 5.74. The predicted octanol–water partition coefficient (Wildman–Crippen LogP) is 0.544. The normalized spacial score (nSPS) is 21.8. The number of nitrogens with one attached hydrogen (secondary N) is 1. The molecule has 1 amide bonds. The van der Waals surface area contributed by atoms with Gasteiger partial charge in [-0.2, -0.15) is 0 Å². The lowest BCUT2D eigenvalue weighted by Crippen LogP contribution is -2.56. The minimum atomic E-state index is -0.0619. The van der Waals surface area contributed by atoms with E-state index in [2.05, 4.69) is 27.5 Å². The smallest absolute Gasteiger partial charge is 0.276 e. The molecule has 2 aromatic heterocycles. The van der Waals surface area contributed by atoms with Crippen molar-refractivity contribution < 1.29 is 4.79 Å². The Morgan fingerprint density at radius 2 is 2.27 bits per heavy atom. The van der Waals surface area contributed by atoms with Crippen molar-refractivity contribution in [2.45, 2.75) is 32.5 Å². The third kappa shape index (κ3) is 3.14. The van der Waals surface area contributed by atoms with Crippen LogP contribution in [0.4, 0.5) is 0 Å². The maximum Gasteiger partial charge on any atom is 0.276 e. The van der Waals surface area contributed by atoms with Gasteiger partial charge in [0.25, 0.3) is 5.91 Å². The van der Waals surface area contributed by atoms with Gasteiger partial charge in [-0.05, 0) is 26.0 Å². The number of carbonyl (C=O) groups is 1. The fourth-order valence-electron chi connectivity index (χ4n) is 2.58. The Bertz CT molecular complexity index is 640. The molecule has 0 bridgehead atoms. The summed E-state index contributed by atoms with van der Waals surface area (Å²) < 4.78 is 1.64. The predicted molar refractivity (Wildman–Crippen MR) is 81.3 cm³/mol. The van der Waals surface area contributed by atoms with E-state index < -0.39 is 0 Å². The van der Waals surface area contributed by atoms with Crippen LogP contribution in [0, 0.1) is 0 Å². The van der Waals surface area contributed by atoms with Crippen molar-refractivity contribution in [3.05, 3.63) is 42.0 Å². The standard InChI is InChI=1S/C15H20N6O/c1-11-8-21(12(2)7-17-11)15(22)14-10-20(19-18-14)9-13-5-3-4-6-16-13/h3-6,10-12,17H,7-9H2,1-2H3. The van der Waals surface area contributed by atoms with E-state index in [9.17, 15) is 4.79 Å². The zero-order valence-electron chi connectivity index (χ0n) is 12.8. The van der Waals surface area contributed by atoms with E-state index >= 15 is 0 Å². The van der Waals surface area contributed by atoms with Gasteiger partial charge in [-0.25, -0.2) is 4.68 Å². The molecule has 3 heterocycles. The van der Waals surface area contributed by atoms with Gasteiger partial charge in [0.05, 0.1) is 18.4 Å². The highest BCUT2D eigenvalue weighted by Crippen LogP contribution is 2.11. The molecule has 1 aliphatic rings. The first-order chi connectivity index (χ1) is 10.6. The van der Waals surface area contributed by atoms with Crippen LogP contribution in [0.5, 0.6) is 0 Å². The molecule has 3 rings (SSSR count). The van der Waals surface area contributed by atoms with Gasteiger partial charge in [-0.3, -0.25) is 9.78 Å². The summed E-state index contributed by atoms with van der Waals surface area (Å²) in [5.74, 6) is -0.0619. The molecule has 0 aliphatic carbocycles. The first-order valence-corrected chi connectivity index (χ1v) is 7.48. The van der Waals surface area contributed by atoms with E-state index in [1.54, 1.807) is 17.1 Å². The summed E-state index contributed by atoms with van der Waals surface area (Å²) >= 11 is 0. The van der Waals surface area contributed by atoms with Crippen LogP contribution in [0.15, 0.2) is 30.6 Å². The average molecular weight is 300 g/mol. The lowest BCUT2D eigenvalue weighted by molar-refractivity contribution is 0.0610. The van der Waals surface area contributed by atoms with Crippen LogP contribution in [-0.2, 0) is 6.54 Å². The van der Waals surface area contributed by atoms with Crippen molar-refractivity contribution in [2.75, 3.05) is 13.1 Å². The number of hydrogen-bond donors (Lipinski definition) is 1. The van der Waals surface area contributed by atoms with Gasteiger partial charge >= 0.3 is 0 Å². The number of carbonyl (C=O) groups excluding carboxylic acids is 1. The third-order valence-corrected chi connectivity index (χ3v) is 3.83. The van der Waals surface area contributed by atoms with Crippen LogP contribution in [0.3, 0.4) is 0 Å². The molecular formula is C15H20N6O. The molecule has 0 spiro atoms. The summed E-state index contributed by atoms with van der Waals surface area (Å²) in [6, 6.07) is 6.17. The van der Waals surface area contributed by atoms with Gasteiger partial charge in [0.2, 0.25) is 0 Å². The van der Waals surface area contributed by atoms with Crippen molar-refractivity contribution >= 4 is 5.91 Å². The van der Waals surface area contributed by atoms with Gasteiger partial charge in [-0.1, -0.05) is 11.3 Å². The van der Waals surface area contributed by atoms with Crippen molar-refractivity contribution in [3.8, 4) is 0 Å². The number of hydrogen-bond acceptors (Lipinski definition) is 5. The maximum absolute atomic E-state index is 12.6. The van der Waals surface area contributed by atoms with Crippen LogP contribution in [0.1, 0.15) is 30.0 Å². The third-order valence-electron chi connectivity index (χ3n) is 3.83. The largest absolute Gasteiger partial charge is 0.332 e. The molecule has 7 nitrogen and oxygen atoms in total. The minimum absolute atomic E-state index is 0.0619. The molecule has 0 saturated carbocycles. The Morgan fingerprint density at radius 3 is 3.05 bits per heavy atom. The topological polar surface area (TPSA) is 75.9 Å². The van der Waals surface area contributed by atoms with Crippen molar-refractivity contribution in [2.24, 2.45) is 0 Å². The van der Waals surface area contributed by atoms with Crippen LogP contribution < -0.4 is 5.32 Å². The number of piperazine rings is 1. The summed E-state index contributed by atoms with van der Waals surface area (Å²) in [7, 11) is 0. The first kappa shape index (κ1) is 14.6. The zero-order chi connectivity index (χ0) is 15.5. The molecule has 1 fully saturated rings. The molecule has 1 N–H and O–H groups in total. The number of nitrogens with zero attached hydrogens (tertiary/aromatic N) is 5. The highest BCUT2D eigenvalue weighted by atomic mass is 16.2. The second-order valence-electron chi connectivity index (χ2n) is 5.74. The molecular weight excluding hydrogens is 280 g/mol. The summed E-state index contributed by atoms with van der Waals surface area (Å²) in [6.07, 6.45) is 3.43.